The van der Waals surface area contributed by atoms with Gasteiger partial charge in [-0.3, -0.25) is 0 Å². The standard InChI is InChI=1S/C13H20BrNO2/c1-13(2,3)12(15)8-6-11(17-5)9(14)7-10(8)16-4/h6-7,12H,15H2,1-5H3. The number of ether oxygens (including phenoxy) is 2. The van der Waals surface area contributed by atoms with E-state index in [1.807, 2.05) is 12.1 Å². The molecule has 0 spiro atoms. The molecular weight excluding hydrogens is 282 g/mol. The predicted octanol–water partition coefficient (Wildman–Crippen LogP) is 3.51. The summed E-state index contributed by atoms with van der Waals surface area (Å²) in [6.45, 7) is 6.31. The molecule has 0 heterocycles. The Balaban J connectivity index is 3.30. The van der Waals surface area contributed by atoms with Gasteiger partial charge in [-0.05, 0) is 33.5 Å². The summed E-state index contributed by atoms with van der Waals surface area (Å²) in [5.74, 6) is 1.54. The number of benzene rings is 1. The third kappa shape index (κ3) is 3.13. The van der Waals surface area contributed by atoms with Crippen molar-refractivity contribution in [2.45, 2.75) is 26.8 Å². The quantitative estimate of drug-likeness (QED) is 0.929. The Morgan fingerprint density at radius 1 is 1.12 bits per heavy atom. The van der Waals surface area contributed by atoms with E-state index >= 15 is 0 Å². The Labute approximate surface area is 111 Å². The smallest absolute Gasteiger partial charge is 0.133 e. The van der Waals surface area contributed by atoms with Crippen LogP contribution in [0.1, 0.15) is 32.4 Å². The molecule has 17 heavy (non-hydrogen) atoms. The maximum Gasteiger partial charge on any atom is 0.133 e. The Morgan fingerprint density at radius 3 is 2.06 bits per heavy atom. The number of methoxy groups -OCH3 is 2. The van der Waals surface area contributed by atoms with Crippen molar-refractivity contribution in [3.05, 3.63) is 22.2 Å². The monoisotopic (exact) mass is 301 g/mol. The van der Waals surface area contributed by atoms with Crippen LogP contribution in [-0.4, -0.2) is 14.2 Å². The fraction of sp³-hybridized carbons (Fsp3) is 0.538. The zero-order valence-corrected chi connectivity index (χ0v) is 12.6. The van der Waals surface area contributed by atoms with Crippen LogP contribution in [0.15, 0.2) is 16.6 Å². The summed E-state index contributed by atoms with van der Waals surface area (Å²) < 4.78 is 11.5. The van der Waals surface area contributed by atoms with Gasteiger partial charge in [0.25, 0.3) is 0 Å². The van der Waals surface area contributed by atoms with E-state index in [0.717, 1.165) is 21.5 Å². The maximum absolute atomic E-state index is 6.27. The van der Waals surface area contributed by atoms with Crippen molar-refractivity contribution in [3.63, 3.8) is 0 Å². The normalized spacial score (nSPS) is 13.4. The highest BCUT2D eigenvalue weighted by Crippen LogP contribution is 2.40. The van der Waals surface area contributed by atoms with Crippen molar-refractivity contribution in [2.24, 2.45) is 11.1 Å². The first-order chi connectivity index (χ1) is 7.81. The average molecular weight is 302 g/mol. The highest BCUT2D eigenvalue weighted by atomic mass is 79.9. The molecule has 1 aromatic carbocycles. The van der Waals surface area contributed by atoms with Gasteiger partial charge in [0.2, 0.25) is 0 Å². The summed E-state index contributed by atoms with van der Waals surface area (Å²) in [5, 5.41) is 0. The van der Waals surface area contributed by atoms with Crippen molar-refractivity contribution in [1.82, 2.24) is 0 Å². The number of hydrogen-bond donors (Lipinski definition) is 1. The van der Waals surface area contributed by atoms with E-state index in [4.69, 9.17) is 15.2 Å². The molecule has 2 N–H and O–H groups in total. The lowest BCUT2D eigenvalue weighted by Gasteiger charge is -2.29. The molecule has 3 nitrogen and oxygen atoms in total. The summed E-state index contributed by atoms with van der Waals surface area (Å²) in [7, 11) is 3.28. The van der Waals surface area contributed by atoms with Gasteiger partial charge < -0.3 is 15.2 Å². The molecule has 0 radical (unpaired) electrons. The van der Waals surface area contributed by atoms with Crippen LogP contribution >= 0.6 is 15.9 Å². The minimum absolute atomic E-state index is 0.0356. The highest BCUT2D eigenvalue weighted by molar-refractivity contribution is 9.10. The van der Waals surface area contributed by atoms with Crippen LogP contribution < -0.4 is 15.2 Å². The van der Waals surface area contributed by atoms with E-state index in [0.29, 0.717) is 0 Å². The van der Waals surface area contributed by atoms with Crippen LogP contribution in [0.25, 0.3) is 0 Å². The third-order valence-electron chi connectivity index (χ3n) is 2.77. The molecule has 96 valence electrons. The summed E-state index contributed by atoms with van der Waals surface area (Å²) in [5.41, 5.74) is 7.19. The number of rotatable bonds is 3. The minimum Gasteiger partial charge on any atom is -0.496 e. The first kappa shape index (κ1) is 14.3. The first-order valence-electron chi connectivity index (χ1n) is 5.48. The van der Waals surface area contributed by atoms with Gasteiger partial charge in [-0.1, -0.05) is 20.8 Å². The van der Waals surface area contributed by atoms with Crippen LogP contribution in [-0.2, 0) is 0 Å². The van der Waals surface area contributed by atoms with Crippen LogP contribution in [0, 0.1) is 5.41 Å². The second-order valence-corrected chi connectivity index (χ2v) is 5.93. The zero-order chi connectivity index (χ0) is 13.2. The summed E-state index contributed by atoms with van der Waals surface area (Å²) in [6.07, 6.45) is 0. The van der Waals surface area contributed by atoms with Gasteiger partial charge in [-0.15, -0.1) is 0 Å². The van der Waals surface area contributed by atoms with Gasteiger partial charge in [-0.25, -0.2) is 0 Å². The molecule has 0 saturated heterocycles. The third-order valence-corrected chi connectivity index (χ3v) is 3.39. The molecule has 4 heteroatoms. The van der Waals surface area contributed by atoms with Crippen molar-refractivity contribution in [3.8, 4) is 11.5 Å². The topological polar surface area (TPSA) is 44.5 Å². The van der Waals surface area contributed by atoms with E-state index in [-0.39, 0.29) is 11.5 Å². The first-order valence-corrected chi connectivity index (χ1v) is 6.27. The molecule has 0 bridgehead atoms. The van der Waals surface area contributed by atoms with Crippen molar-refractivity contribution >= 4 is 15.9 Å². The Morgan fingerprint density at radius 2 is 1.65 bits per heavy atom. The minimum atomic E-state index is -0.112. The fourth-order valence-corrected chi connectivity index (χ4v) is 2.08. The SMILES string of the molecule is COc1cc(C(N)C(C)(C)C)c(OC)cc1Br. The van der Waals surface area contributed by atoms with E-state index in [1.165, 1.54) is 0 Å². The lowest BCUT2D eigenvalue weighted by molar-refractivity contribution is 0.312. The molecule has 0 aliphatic heterocycles. The van der Waals surface area contributed by atoms with E-state index in [1.54, 1.807) is 14.2 Å². The maximum atomic E-state index is 6.27. The number of nitrogens with two attached hydrogens (primary N) is 1. The highest BCUT2D eigenvalue weighted by Gasteiger charge is 2.26. The molecule has 1 unspecified atom stereocenters. The van der Waals surface area contributed by atoms with Crippen LogP contribution in [0.2, 0.25) is 0 Å². The Hall–Kier alpha value is -0.740. The molecular formula is C13H20BrNO2. The predicted molar refractivity (Wildman–Crippen MR) is 73.6 cm³/mol. The largest absolute Gasteiger partial charge is 0.496 e. The average Bonchev–Trinajstić information content (AvgIpc) is 2.26. The fourth-order valence-electron chi connectivity index (χ4n) is 1.59. The van der Waals surface area contributed by atoms with Gasteiger partial charge in [0, 0.05) is 11.6 Å². The Bertz CT molecular complexity index is 399. The van der Waals surface area contributed by atoms with E-state index in [9.17, 15) is 0 Å². The number of hydrogen-bond acceptors (Lipinski definition) is 3. The molecule has 0 aliphatic carbocycles. The van der Waals surface area contributed by atoms with Gasteiger partial charge in [-0.2, -0.15) is 0 Å². The molecule has 1 rings (SSSR count). The lowest BCUT2D eigenvalue weighted by atomic mass is 9.82. The van der Waals surface area contributed by atoms with Gasteiger partial charge in [0.15, 0.2) is 0 Å². The van der Waals surface area contributed by atoms with E-state index < -0.39 is 0 Å². The molecule has 0 aliphatic rings. The second kappa shape index (κ2) is 5.27. The molecule has 0 amide bonds. The molecule has 0 fully saturated rings. The van der Waals surface area contributed by atoms with Crippen LogP contribution in [0.4, 0.5) is 0 Å². The summed E-state index contributed by atoms with van der Waals surface area (Å²) >= 11 is 3.44. The number of halogens is 1. The molecule has 0 aromatic heterocycles. The van der Waals surface area contributed by atoms with Crippen molar-refractivity contribution in [2.75, 3.05) is 14.2 Å². The molecule has 1 aromatic rings. The summed E-state index contributed by atoms with van der Waals surface area (Å²) in [6, 6.07) is 3.71. The lowest BCUT2D eigenvalue weighted by Crippen LogP contribution is -2.26. The summed E-state index contributed by atoms with van der Waals surface area (Å²) in [4.78, 5) is 0. The van der Waals surface area contributed by atoms with Crippen LogP contribution in [0.5, 0.6) is 11.5 Å². The van der Waals surface area contributed by atoms with Gasteiger partial charge in [0.1, 0.15) is 11.5 Å². The van der Waals surface area contributed by atoms with E-state index in [2.05, 4.69) is 36.7 Å². The second-order valence-electron chi connectivity index (χ2n) is 5.07. The molecule has 0 saturated carbocycles. The van der Waals surface area contributed by atoms with Gasteiger partial charge in [0.05, 0.1) is 18.7 Å². The molecule has 1 atom stereocenters. The Kier molecular flexibility index (Phi) is 4.44. The zero-order valence-electron chi connectivity index (χ0n) is 11.0. The van der Waals surface area contributed by atoms with Crippen LogP contribution in [0.3, 0.4) is 0 Å². The van der Waals surface area contributed by atoms with Crippen molar-refractivity contribution < 1.29 is 9.47 Å². The van der Waals surface area contributed by atoms with Gasteiger partial charge >= 0.3 is 0 Å². The van der Waals surface area contributed by atoms with Crippen molar-refractivity contribution in [1.29, 1.82) is 0 Å².